The van der Waals surface area contributed by atoms with Crippen LogP contribution in [0.4, 0.5) is 0 Å². The van der Waals surface area contributed by atoms with Gasteiger partial charge in [-0.3, -0.25) is 0 Å². The topological polar surface area (TPSA) is 0 Å². The van der Waals surface area contributed by atoms with Crippen LogP contribution in [0.3, 0.4) is 0 Å². The molecule has 0 aromatic carbocycles. The van der Waals surface area contributed by atoms with Gasteiger partial charge in [0.15, 0.2) is 0 Å². The second kappa shape index (κ2) is 9.85. The van der Waals surface area contributed by atoms with Gasteiger partial charge >= 0.3 is 0 Å². The molecule has 0 bridgehead atoms. The van der Waals surface area contributed by atoms with Gasteiger partial charge in [-0.15, -0.1) is 23.4 Å². The fourth-order valence-corrected chi connectivity index (χ4v) is 1.06. The minimum Gasteiger partial charge on any atom is -0.127 e. The maximum absolute atomic E-state index is 5.54. The molecule has 0 spiro atoms. The Morgan fingerprint density at radius 3 is 2.36 bits per heavy atom. The summed E-state index contributed by atoms with van der Waals surface area (Å²) in [6, 6.07) is 0. The van der Waals surface area contributed by atoms with E-state index in [-0.39, 0.29) is 0 Å². The lowest BCUT2D eigenvalue weighted by molar-refractivity contribution is 0.682. The summed E-state index contributed by atoms with van der Waals surface area (Å²) in [6.45, 7) is 2.08. The Morgan fingerprint density at radius 1 is 1.00 bits per heavy atom. The zero-order valence-corrected chi connectivity index (χ0v) is 8.08. The van der Waals surface area contributed by atoms with Gasteiger partial charge in [0.2, 0.25) is 0 Å². The summed E-state index contributed by atoms with van der Waals surface area (Å²) in [6.07, 6.45) is 6.99. The molecule has 0 aliphatic rings. The van der Waals surface area contributed by atoms with Gasteiger partial charge in [0, 0.05) is 18.7 Å². The highest BCUT2D eigenvalue weighted by molar-refractivity contribution is 6.17. The minimum atomic E-state index is 0.806. The summed E-state index contributed by atoms with van der Waals surface area (Å²) >= 11 is 5.54. The minimum absolute atomic E-state index is 0.806. The highest BCUT2D eigenvalue weighted by atomic mass is 35.5. The van der Waals surface area contributed by atoms with Crippen molar-refractivity contribution in [2.24, 2.45) is 0 Å². The summed E-state index contributed by atoms with van der Waals surface area (Å²) < 4.78 is 0. The lowest BCUT2D eigenvalue weighted by Gasteiger charge is -1.93. The van der Waals surface area contributed by atoms with Crippen LogP contribution in [0.5, 0.6) is 0 Å². The van der Waals surface area contributed by atoms with Crippen molar-refractivity contribution < 1.29 is 0 Å². The molecule has 0 heterocycles. The maximum atomic E-state index is 5.54. The molecule has 0 N–H and O–H groups in total. The maximum Gasteiger partial charge on any atom is 0.0223 e. The second-order valence-corrected chi connectivity index (χ2v) is 2.94. The van der Waals surface area contributed by atoms with Crippen LogP contribution in [-0.4, -0.2) is 5.88 Å². The molecule has 0 saturated carbocycles. The van der Waals surface area contributed by atoms with E-state index in [0.29, 0.717) is 0 Å². The highest BCUT2D eigenvalue weighted by Gasteiger charge is 1.85. The van der Waals surface area contributed by atoms with Gasteiger partial charge < -0.3 is 0 Å². The molecule has 64 valence electrons. The average Bonchev–Trinajstić information content (AvgIpc) is 2.03. The molecule has 0 fully saturated rings. The molecule has 0 saturated heterocycles. The number of rotatable bonds is 5. The SMILES string of the molecule is CCC#CCCCCCCCl. The Labute approximate surface area is 75.3 Å². The van der Waals surface area contributed by atoms with Crippen molar-refractivity contribution in [2.45, 2.75) is 45.4 Å². The standard InChI is InChI=1S/C10H17Cl/c1-2-3-4-5-6-7-8-9-10-11/h2,5-10H2,1H3. The molecular formula is C10H17Cl. The van der Waals surface area contributed by atoms with Crippen molar-refractivity contribution in [2.75, 3.05) is 5.88 Å². The van der Waals surface area contributed by atoms with E-state index in [1.165, 1.54) is 19.3 Å². The third kappa shape index (κ3) is 9.85. The molecular weight excluding hydrogens is 156 g/mol. The van der Waals surface area contributed by atoms with Gasteiger partial charge in [-0.1, -0.05) is 19.8 Å². The van der Waals surface area contributed by atoms with Crippen molar-refractivity contribution in [3.05, 3.63) is 0 Å². The summed E-state index contributed by atoms with van der Waals surface area (Å²) in [5.41, 5.74) is 0. The zero-order chi connectivity index (χ0) is 8.36. The lowest BCUT2D eigenvalue weighted by atomic mass is 10.1. The van der Waals surface area contributed by atoms with Crippen molar-refractivity contribution >= 4 is 11.6 Å². The fraction of sp³-hybridized carbons (Fsp3) is 0.800. The third-order valence-corrected chi connectivity index (χ3v) is 1.75. The van der Waals surface area contributed by atoms with Crippen molar-refractivity contribution in [3.8, 4) is 11.8 Å². The number of alkyl halides is 1. The van der Waals surface area contributed by atoms with Crippen LogP contribution in [-0.2, 0) is 0 Å². The predicted molar refractivity (Wildman–Crippen MR) is 51.9 cm³/mol. The van der Waals surface area contributed by atoms with Crippen LogP contribution in [0.1, 0.15) is 45.4 Å². The molecule has 11 heavy (non-hydrogen) atoms. The summed E-state index contributed by atoms with van der Waals surface area (Å²) in [7, 11) is 0. The van der Waals surface area contributed by atoms with E-state index >= 15 is 0 Å². The van der Waals surface area contributed by atoms with E-state index in [2.05, 4.69) is 18.8 Å². The van der Waals surface area contributed by atoms with E-state index in [1.807, 2.05) is 0 Å². The van der Waals surface area contributed by atoms with E-state index in [0.717, 1.165) is 25.1 Å². The van der Waals surface area contributed by atoms with Gasteiger partial charge in [0.1, 0.15) is 0 Å². The first kappa shape index (κ1) is 10.8. The van der Waals surface area contributed by atoms with E-state index < -0.39 is 0 Å². The van der Waals surface area contributed by atoms with E-state index in [9.17, 15) is 0 Å². The monoisotopic (exact) mass is 172 g/mol. The second-order valence-electron chi connectivity index (χ2n) is 2.56. The zero-order valence-electron chi connectivity index (χ0n) is 7.33. The van der Waals surface area contributed by atoms with Crippen LogP contribution in [0, 0.1) is 11.8 Å². The molecule has 0 aliphatic heterocycles. The quantitative estimate of drug-likeness (QED) is 0.338. The van der Waals surface area contributed by atoms with Gasteiger partial charge in [0.05, 0.1) is 0 Å². The van der Waals surface area contributed by atoms with Crippen molar-refractivity contribution in [1.29, 1.82) is 0 Å². The Kier molecular flexibility index (Phi) is 9.72. The average molecular weight is 173 g/mol. The smallest absolute Gasteiger partial charge is 0.0223 e. The molecule has 0 nitrogen and oxygen atoms in total. The Bertz CT molecular complexity index is 119. The molecule has 0 aromatic heterocycles. The predicted octanol–water partition coefficient (Wildman–Crippen LogP) is 3.59. The van der Waals surface area contributed by atoms with Crippen LogP contribution < -0.4 is 0 Å². The number of hydrogen-bond donors (Lipinski definition) is 0. The number of halogens is 1. The number of unbranched alkanes of at least 4 members (excludes halogenated alkanes) is 4. The van der Waals surface area contributed by atoms with E-state index in [1.54, 1.807) is 0 Å². The Hall–Kier alpha value is -0.150. The molecule has 0 atom stereocenters. The molecule has 0 rings (SSSR count). The largest absolute Gasteiger partial charge is 0.127 e. The van der Waals surface area contributed by atoms with Crippen LogP contribution >= 0.6 is 11.6 Å². The van der Waals surface area contributed by atoms with Gasteiger partial charge in [-0.05, 0) is 12.8 Å². The number of hydrogen-bond acceptors (Lipinski definition) is 0. The molecule has 0 amide bonds. The third-order valence-electron chi connectivity index (χ3n) is 1.49. The van der Waals surface area contributed by atoms with Crippen molar-refractivity contribution in [1.82, 2.24) is 0 Å². The normalized spacial score (nSPS) is 8.91. The Balaban J connectivity index is 2.90. The summed E-state index contributed by atoms with van der Waals surface area (Å²) in [5.74, 6) is 7.00. The van der Waals surface area contributed by atoms with Gasteiger partial charge in [-0.25, -0.2) is 0 Å². The first-order valence-electron chi connectivity index (χ1n) is 4.43. The Morgan fingerprint density at radius 2 is 1.73 bits per heavy atom. The molecule has 0 radical (unpaired) electrons. The first-order chi connectivity index (χ1) is 5.41. The van der Waals surface area contributed by atoms with E-state index in [4.69, 9.17) is 11.6 Å². The lowest BCUT2D eigenvalue weighted by Crippen LogP contribution is -1.78. The summed E-state index contributed by atoms with van der Waals surface area (Å²) in [5, 5.41) is 0. The molecule has 0 aromatic rings. The van der Waals surface area contributed by atoms with Crippen LogP contribution in [0.2, 0.25) is 0 Å². The highest BCUT2D eigenvalue weighted by Crippen LogP contribution is 2.02. The summed E-state index contributed by atoms with van der Waals surface area (Å²) in [4.78, 5) is 0. The molecule has 0 unspecified atom stereocenters. The van der Waals surface area contributed by atoms with Gasteiger partial charge in [0.25, 0.3) is 0 Å². The van der Waals surface area contributed by atoms with Crippen molar-refractivity contribution in [3.63, 3.8) is 0 Å². The fourth-order valence-electron chi connectivity index (χ4n) is 0.875. The van der Waals surface area contributed by atoms with Crippen LogP contribution in [0.25, 0.3) is 0 Å². The van der Waals surface area contributed by atoms with Crippen LogP contribution in [0.15, 0.2) is 0 Å². The van der Waals surface area contributed by atoms with Gasteiger partial charge in [-0.2, -0.15) is 0 Å². The first-order valence-corrected chi connectivity index (χ1v) is 4.97. The molecule has 1 heteroatoms. The molecule has 0 aliphatic carbocycles.